The minimum atomic E-state index is -0.326. The Kier molecular flexibility index (Phi) is 3.44. The summed E-state index contributed by atoms with van der Waals surface area (Å²) in [6, 6.07) is 7.53. The molecule has 0 bridgehead atoms. The van der Waals surface area contributed by atoms with Crippen LogP contribution in [0.3, 0.4) is 0 Å². The summed E-state index contributed by atoms with van der Waals surface area (Å²) in [7, 11) is 2.99. The van der Waals surface area contributed by atoms with Crippen molar-refractivity contribution in [2.24, 2.45) is 0 Å². The van der Waals surface area contributed by atoms with Crippen molar-refractivity contribution in [1.82, 2.24) is 0 Å². The Morgan fingerprint density at radius 2 is 1.88 bits per heavy atom. The highest BCUT2D eigenvalue weighted by Crippen LogP contribution is 2.27. The van der Waals surface area contributed by atoms with E-state index < -0.39 is 0 Å². The first-order valence-corrected chi connectivity index (χ1v) is 5.28. The van der Waals surface area contributed by atoms with Gasteiger partial charge in [-0.2, -0.15) is 0 Å². The molecule has 1 aliphatic rings. The lowest BCUT2D eigenvalue weighted by molar-refractivity contribution is -0.136. The molecule has 1 aromatic rings. The first-order valence-electron chi connectivity index (χ1n) is 5.28. The molecular formula is C13H14O4. The van der Waals surface area contributed by atoms with Crippen LogP contribution in [0, 0.1) is 0 Å². The van der Waals surface area contributed by atoms with E-state index in [9.17, 15) is 4.79 Å². The molecule has 0 aliphatic carbocycles. The molecular weight excluding hydrogens is 220 g/mol. The lowest BCUT2D eigenvalue weighted by Gasteiger charge is -2.05. The van der Waals surface area contributed by atoms with E-state index in [1.807, 2.05) is 24.3 Å². The third-order valence-electron chi connectivity index (χ3n) is 2.73. The zero-order valence-electron chi connectivity index (χ0n) is 9.86. The first-order chi connectivity index (χ1) is 8.26. The van der Waals surface area contributed by atoms with Crippen molar-refractivity contribution in [3.8, 4) is 5.75 Å². The molecule has 0 spiro atoms. The van der Waals surface area contributed by atoms with Crippen LogP contribution >= 0.6 is 0 Å². The van der Waals surface area contributed by atoms with Gasteiger partial charge < -0.3 is 14.2 Å². The van der Waals surface area contributed by atoms with Crippen molar-refractivity contribution in [1.29, 1.82) is 0 Å². The molecule has 1 heterocycles. The van der Waals surface area contributed by atoms with Gasteiger partial charge in [0.1, 0.15) is 5.75 Å². The van der Waals surface area contributed by atoms with Crippen LogP contribution < -0.4 is 4.74 Å². The number of rotatable bonds is 3. The van der Waals surface area contributed by atoms with Crippen LogP contribution in [0.5, 0.6) is 5.75 Å². The van der Waals surface area contributed by atoms with E-state index in [-0.39, 0.29) is 5.97 Å². The molecule has 4 heteroatoms. The van der Waals surface area contributed by atoms with Crippen LogP contribution in [0.1, 0.15) is 5.56 Å². The summed E-state index contributed by atoms with van der Waals surface area (Å²) in [5.74, 6) is 0.459. The summed E-state index contributed by atoms with van der Waals surface area (Å²) in [5, 5.41) is 0. The SMILES string of the molecule is COC(=O)C1=C(c2ccc(OC)cc2)COC1. The van der Waals surface area contributed by atoms with E-state index in [1.54, 1.807) is 7.11 Å². The number of carbonyl (C=O) groups excluding carboxylic acids is 1. The van der Waals surface area contributed by atoms with Gasteiger partial charge in [-0.1, -0.05) is 12.1 Å². The minimum Gasteiger partial charge on any atom is -0.497 e. The van der Waals surface area contributed by atoms with Crippen molar-refractivity contribution in [2.75, 3.05) is 27.4 Å². The molecule has 0 saturated carbocycles. The molecule has 0 atom stereocenters. The van der Waals surface area contributed by atoms with Crippen LogP contribution in [0.15, 0.2) is 29.8 Å². The van der Waals surface area contributed by atoms with E-state index in [4.69, 9.17) is 14.2 Å². The third kappa shape index (κ3) is 2.31. The van der Waals surface area contributed by atoms with Gasteiger partial charge in [-0.05, 0) is 23.3 Å². The summed E-state index contributed by atoms with van der Waals surface area (Å²) < 4.78 is 15.1. The second kappa shape index (κ2) is 5.01. The highest BCUT2D eigenvalue weighted by atomic mass is 16.5. The summed E-state index contributed by atoms with van der Waals surface area (Å²) in [4.78, 5) is 11.5. The van der Waals surface area contributed by atoms with Gasteiger partial charge in [0.05, 0.1) is 33.0 Å². The van der Waals surface area contributed by atoms with Gasteiger partial charge in [0.15, 0.2) is 0 Å². The Bertz CT molecular complexity index is 445. The topological polar surface area (TPSA) is 44.8 Å². The fourth-order valence-corrected chi connectivity index (χ4v) is 1.78. The Morgan fingerprint density at radius 1 is 1.18 bits per heavy atom. The van der Waals surface area contributed by atoms with E-state index in [0.717, 1.165) is 16.9 Å². The lowest BCUT2D eigenvalue weighted by atomic mass is 10.0. The molecule has 0 amide bonds. The highest BCUT2D eigenvalue weighted by molar-refractivity contribution is 5.99. The maximum atomic E-state index is 11.5. The monoisotopic (exact) mass is 234 g/mol. The molecule has 4 nitrogen and oxygen atoms in total. The van der Waals surface area contributed by atoms with Crippen LogP contribution in [0.4, 0.5) is 0 Å². The summed E-state index contributed by atoms with van der Waals surface area (Å²) in [6.45, 7) is 0.755. The van der Waals surface area contributed by atoms with Crippen LogP contribution in [-0.2, 0) is 14.3 Å². The molecule has 1 aliphatic heterocycles. The average Bonchev–Trinajstić information content (AvgIpc) is 2.87. The fraction of sp³-hybridized carbons (Fsp3) is 0.308. The first kappa shape index (κ1) is 11.7. The second-order valence-corrected chi connectivity index (χ2v) is 3.67. The molecule has 17 heavy (non-hydrogen) atoms. The number of ether oxygens (including phenoxy) is 3. The maximum absolute atomic E-state index is 11.5. The predicted octanol–water partition coefficient (Wildman–Crippen LogP) is 1.65. The normalized spacial score (nSPS) is 14.9. The number of benzene rings is 1. The van der Waals surface area contributed by atoms with Crippen molar-refractivity contribution in [3.05, 3.63) is 35.4 Å². The Hall–Kier alpha value is -1.81. The molecule has 0 radical (unpaired) electrons. The lowest BCUT2D eigenvalue weighted by Crippen LogP contribution is -2.07. The maximum Gasteiger partial charge on any atom is 0.336 e. The number of methoxy groups -OCH3 is 2. The molecule has 0 N–H and O–H groups in total. The zero-order valence-corrected chi connectivity index (χ0v) is 9.86. The van der Waals surface area contributed by atoms with Gasteiger partial charge in [-0.25, -0.2) is 4.79 Å². The van der Waals surface area contributed by atoms with Gasteiger partial charge >= 0.3 is 5.97 Å². The Morgan fingerprint density at radius 3 is 2.47 bits per heavy atom. The van der Waals surface area contributed by atoms with Crippen molar-refractivity contribution in [2.45, 2.75) is 0 Å². The fourth-order valence-electron chi connectivity index (χ4n) is 1.78. The van der Waals surface area contributed by atoms with Crippen molar-refractivity contribution < 1.29 is 19.0 Å². The molecule has 1 aromatic carbocycles. The zero-order chi connectivity index (χ0) is 12.3. The molecule has 0 aromatic heterocycles. The second-order valence-electron chi connectivity index (χ2n) is 3.67. The third-order valence-corrected chi connectivity index (χ3v) is 2.73. The molecule has 90 valence electrons. The van der Waals surface area contributed by atoms with E-state index in [2.05, 4.69) is 0 Å². The number of esters is 1. The van der Waals surface area contributed by atoms with Gasteiger partial charge in [0.25, 0.3) is 0 Å². The van der Waals surface area contributed by atoms with Gasteiger partial charge in [-0.15, -0.1) is 0 Å². The molecule has 2 rings (SSSR count). The average molecular weight is 234 g/mol. The van der Waals surface area contributed by atoms with Crippen LogP contribution in [0.2, 0.25) is 0 Å². The van der Waals surface area contributed by atoms with E-state index in [0.29, 0.717) is 18.8 Å². The number of carbonyl (C=O) groups is 1. The number of hydrogen-bond donors (Lipinski definition) is 0. The van der Waals surface area contributed by atoms with Crippen LogP contribution in [0.25, 0.3) is 5.57 Å². The van der Waals surface area contributed by atoms with Gasteiger partial charge in [0, 0.05) is 0 Å². The summed E-state index contributed by atoms with van der Waals surface area (Å²) in [6.07, 6.45) is 0. The van der Waals surface area contributed by atoms with Gasteiger partial charge in [-0.3, -0.25) is 0 Å². The molecule has 0 saturated heterocycles. The largest absolute Gasteiger partial charge is 0.497 e. The smallest absolute Gasteiger partial charge is 0.336 e. The summed E-state index contributed by atoms with van der Waals surface area (Å²) in [5.41, 5.74) is 2.45. The molecule has 0 fully saturated rings. The predicted molar refractivity (Wildman–Crippen MR) is 62.7 cm³/mol. The van der Waals surface area contributed by atoms with Crippen molar-refractivity contribution >= 4 is 11.5 Å². The minimum absolute atomic E-state index is 0.314. The highest BCUT2D eigenvalue weighted by Gasteiger charge is 2.23. The standard InChI is InChI=1S/C13H14O4/c1-15-10-5-3-9(4-6-10)11-7-17-8-12(11)13(14)16-2/h3-6H,7-8H2,1-2H3. The van der Waals surface area contributed by atoms with Crippen LogP contribution in [-0.4, -0.2) is 33.4 Å². The Labute approximate surface area is 99.8 Å². The van der Waals surface area contributed by atoms with E-state index in [1.165, 1.54) is 7.11 Å². The summed E-state index contributed by atoms with van der Waals surface area (Å²) >= 11 is 0. The van der Waals surface area contributed by atoms with Crippen molar-refractivity contribution in [3.63, 3.8) is 0 Å². The Balaban J connectivity index is 2.33. The quantitative estimate of drug-likeness (QED) is 0.746. The number of hydrogen-bond acceptors (Lipinski definition) is 4. The van der Waals surface area contributed by atoms with Gasteiger partial charge in [0.2, 0.25) is 0 Å². The molecule has 0 unspecified atom stereocenters. The van der Waals surface area contributed by atoms with E-state index >= 15 is 0 Å².